The molecule has 0 aromatic heterocycles. The highest BCUT2D eigenvalue weighted by molar-refractivity contribution is 5.85. The maximum Gasteiger partial charge on any atom is 0.124 e. The number of fused-ring (bicyclic) bond motifs is 1. The summed E-state index contributed by atoms with van der Waals surface area (Å²) in [5, 5.41) is 0. The van der Waals surface area contributed by atoms with Crippen LogP contribution in [-0.2, 0) is 6.42 Å². The number of ether oxygens (including phenoxy) is 2. The summed E-state index contributed by atoms with van der Waals surface area (Å²) in [6.45, 7) is 0. The van der Waals surface area contributed by atoms with Crippen LogP contribution in [0, 0.1) is 0 Å². The smallest absolute Gasteiger partial charge is 0.124 e. The molecule has 2 aromatic rings. The highest BCUT2D eigenvalue weighted by atomic mass is 35.5. The predicted octanol–water partition coefficient (Wildman–Crippen LogP) is 4.82. The van der Waals surface area contributed by atoms with Gasteiger partial charge in [0.05, 0.1) is 6.10 Å². The first-order chi connectivity index (χ1) is 11.8. The highest BCUT2D eigenvalue weighted by Gasteiger charge is 2.23. The fourth-order valence-corrected chi connectivity index (χ4v) is 3.74. The van der Waals surface area contributed by atoms with Crippen LogP contribution in [0.4, 0.5) is 0 Å². The number of hydrogen-bond acceptors (Lipinski definition) is 3. The Balaban J connectivity index is 0.00000182. The summed E-state index contributed by atoms with van der Waals surface area (Å²) < 4.78 is 12.4. The van der Waals surface area contributed by atoms with Gasteiger partial charge in [-0.05, 0) is 67.9 Å². The molecule has 4 heteroatoms. The molecule has 25 heavy (non-hydrogen) atoms. The van der Waals surface area contributed by atoms with Crippen LogP contribution in [-0.4, -0.2) is 12.1 Å². The Bertz CT molecular complexity index is 684. The van der Waals surface area contributed by atoms with Gasteiger partial charge >= 0.3 is 0 Å². The van der Waals surface area contributed by atoms with Gasteiger partial charge in [0.15, 0.2) is 0 Å². The van der Waals surface area contributed by atoms with Crippen molar-refractivity contribution in [1.82, 2.24) is 0 Å². The third-order valence-corrected chi connectivity index (χ3v) is 5.17. The zero-order valence-electron chi connectivity index (χ0n) is 14.4. The minimum absolute atomic E-state index is 0. The summed E-state index contributed by atoms with van der Waals surface area (Å²) in [7, 11) is 0. The van der Waals surface area contributed by atoms with Crippen LogP contribution in [0.1, 0.15) is 49.3 Å². The van der Waals surface area contributed by atoms with Crippen molar-refractivity contribution in [1.29, 1.82) is 0 Å². The maximum atomic E-state index is 6.20. The van der Waals surface area contributed by atoms with Crippen LogP contribution < -0.4 is 15.2 Å². The molecule has 1 saturated carbocycles. The average molecular weight is 360 g/mol. The van der Waals surface area contributed by atoms with Gasteiger partial charge in [0.1, 0.15) is 17.6 Å². The molecule has 4 rings (SSSR count). The maximum absolute atomic E-state index is 6.20. The van der Waals surface area contributed by atoms with E-state index in [-0.39, 0.29) is 18.5 Å². The molecule has 0 bridgehead atoms. The Labute approximate surface area is 155 Å². The molecule has 2 aliphatic rings. The lowest BCUT2D eigenvalue weighted by Crippen LogP contribution is -2.31. The van der Waals surface area contributed by atoms with Crippen molar-refractivity contribution in [2.24, 2.45) is 5.73 Å². The van der Waals surface area contributed by atoms with E-state index in [1.807, 2.05) is 12.1 Å². The third kappa shape index (κ3) is 4.28. The van der Waals surface area contributed by atoms with Crippen LogP contribution in [0.15, 0.2) is 48.5 Å². The molecular weight excluding hydrogens is 334 g/mol. The van der Waals surface area contributed by atoms with Crippen LogP contribution in [0.25, 0.3) is 0 Å². The van der Waals surface area contributed by atoms with Gasteiger partial charge in [-0.15, -0.1) is 12.4 Å². The third-order valence-electron chi connectivity index (χ3n) is 5.17. The van der Waals surface area contributed by atoms with Gasteiger partial charge in [-0.25, -0.2) is 0 Å². The number of nitrogens with two attached hydrogens (primary N) is 1. The van der Waals surface area contributed by atoms with E-state index in [4.69, 9.17) is 15.2 Å². The van der Waals surface area contributed by atoms with Gasteiger partial charge in [0.2, 0.25) is 0 Å². The first-order valence-corrected chi connectivity index (χ1v) is 9.05. The van der Waals surface area contributed by atoms with Crippen LogP contribution in [0.2, 0.25) is 0 Å². The minimum atomic E-state index is 0. The molecule has 1 heterocycles. The molecule has 1 aliphatic heterocycles. The van der Waals surface area contributed by atoms with Gasteiger partial charge < -0.3 is 15.2 Å². The summed E-state index contributed by atoms with van der Waals surface area (Å²) in [4.78, 5) is 0. The fraction of sp³-hybridized carbons (Fsp3) is 0.429. The van der Waals surface area contributed by atoms with Gasteiger partial charge in [-0.2, -0.15) is 0 Å². The first-order valence-electron chi connectivity index (χ1n) is 9.05. The van der Waals surface area contributed by atoms with E-state index in [1.54, 1.807) is 0 Å². The van der Waals surface area contributed by atoms with E-state index in [0.717, 1.165) is 50.0 Å². The van der Waals surface area contributed by atoms with E-state index < -0.39 is 0 Å². The van der Waals surface area contributed by atoms with Crippen molar-refractivity contribution >= 4 is 12.4 Å². The minimum Gasteiger partial charge on any atom is -0.490 e. The summed E-state index contributed by atoms with van der Waals surface area (Å²) in [6.07, 6.45) is 6.76. The van der Waals surface area contributed by atoms with Crippen LogP contribution in [0.3, 0.4) is 0 Å². The van der Waals surface area contributed by atoms with Gasteiger partial charge in [0, 0.05) is 6.04 Å². The molecule has 0 amide bonds. The molecule has 3 nitrogen and oxygen atoms in total. The topological polar surface area (TPSA) is 44.5 Å². The normalized spacial score (nSPS) is 25.2. The average Bonchev–Trinajstić information content (AvgIpc) is 2.64. The Kier molecular flexibility index (Phi) is 5.87. The lowest BCUT2D eigenvalue weighted by atomic mass is 9.93. The lowest BCUT2D eigenvalue weighted by Gasteiger charge is -2.29. The number of rotatable bonds is 3. The highest BCUT2D eigenvalue weighted by Crippen LogP contribution is 2.37. The lowest BCUT2D eigenvalue weighted by molar-refractivity contribution is 0.145. The second kappa shape index (κ2) is 8.11. The molecule has 2 aromatic carbocycles. The molecule has 134 valence electrons. The van der Waals surface area contributed by atoms with Crippen molar-refractivity contribution in [3.05, 3.63) is 59.7 Å². The zero-order chi connectivity index (χ0) is 16.4. The monoisotopic (exact) mass is 359 g/mol. The summed E-state index contributed by atoms with van der Waals surface area (Å²) in [5.74, 6) is 1.96. The Morgan fingerprint density at radius 3 is 2.44 bits per heavy atom. The molecule has 1 aliphatic carbocycles. The van der Waals surface area contributed by atoms with Gasteiger partial charge in [0.25, 0.3) is 0 Å². The number of benzene rings is 2. The van der Waals surface area contributed by atoms with Crippen LogP contribution in [0.5, 0.6) is 11.5 Å². The molecular formula is C21H26ClNO2. The van der Waals surface area contributed by atoms with Crippen LogP contribution >= 0.6 is 12.4 Å². The standard InChI is InChI=1S/C21H25NO2.ClH/c22-17-7-9-18(10-8-17)23-19-11-13-21-16(14-19)6-12-20(24-21)15-4-2-1-3-5-15;/h1-5,11,13-14,17-18,20H,6-10,12,22H2;1H/t17-,18-,20-;/m0./s1. The molecule has 0 radical (unpaired) electrons. The number of halogens is 1. The van der Waals surface area contributed by atoms with Gasteiger partial charge in [-0.3, -0.25) is 0 Å². The second-order valence-electron chi connectivity index (χ2n) is 6.98. The van der Waals surface area contributed by atoms with E-state index >= 15 is 0 Å². The Hall–Kier alpha value is -1.71. The summed E-state index contributed by atoms with van der Waals surface area (Å²) >= 11 is 0. The van der Waals surface area contributed by atoms with E-state index in [2.05, 4.69) is 36.4 Å². The van der Waals surface area contributed by atoms with E-state index in [1.165, 1.54) is 11.1 Å². The molecule has 0 unspecified atom stereocenters. The predicted molar refractivity (Wildman–Crippen MR) is 103 cm³/mol. The number of aryl methyl sites for hydroxylation is 1. The van der Waals surface area contributed by atoms with Crippen molar-refractivity contribution in [2.45, 2.75) is 56.8 Å². The molecule has 1 fully saturated rings. The molecule has 1 atom stereocenters. The van der Waals surface area contributed by atoms with E-state index in [9.17, 15) is 0 Å². The molecule has 0 saturated heterocycles. The summed E-state index contributed by atoms with van der Waals surface area (Å²) in [6, 6.07) is 17.1. The molecule has 0 spiro atoms. The largest absolute Gasteiger partial charge is 0.490 e. The Morgan fingerprint density at radius 1 is 0.920 bits per heavy atom. The van der Waals surface area contributed by atoms with Gasteiger partial charge in [-0.1, -0.05) is 30.3 Å². The SMILES string of the molecule is Cl.N[C@H]1CC[C@H](Oc2ccc3c(c2)CC[C@@H](c2ccccc2)O3)CC1. The Morgan fingerprint density at radius 2 is 1.68 bits per heavy atom. The van der Waals surface area contributed by atoms with Crippen molar-refractivity contribution in [3.63, 3.8) is 0 Å². The first kappa shape index (κ1) is 18.1. The van der Waals surface area contributed by atoms with E-state index in [0.29, 0.717) is 12.1 Å². The van der Waals surface area contributed by atoms with Crippen molar-refractivity contribution in [3.8, 4) is 11.5 Å². The fourth-order valence-electron chi connectivity index (χ4n) is 3.74. The second-order valence-corrected chi connectivity index (χ2v) is 6.98. The number of hydrogen-bond donors (Lipinski definition) is 1. The zero-order valence-corrected chi connectivity index (χ0v) is 15.2. The van der Waals surface area contributed by atoms with Crippen molar-refractivity contribution in [2.75, 3.05) is 0 Å². The molecule has 2 N–H and O–H groups in total. The summed E-state index contributed by atoms with van der Waals surface area (Å²) in [5.41, 5.74) is 8.48. The quantitative estimate of drug-likeness (QED) is 0.854. The van der Waals surface area contributed by atoms with Crippen molar-refractivity contribution < 1.29 is 9.47 Å².